The van der Waals surface area contributed by atoms with Gasteiger partial charge < -0.3 is 10.2 Å². The zero-order valence-electron chi connectivity index (χ0n) is 8.03. The summed E-state index contributed by atoms with van der Waals surface area (Å²) in [5.41, 5.74) is 0. The molecule has 0 spiro atoms. The standard InChI is InChI=1S/C10H20O2/c1-7-3-4-9(5-10(7)12)8(2)6-11/h7-12H,3-6H2,1-2H3/t7-,8+,9-,10-/m0/s1. The van der Waals surface area contributed by atoms with E-state index in [-0.39, 0.29) is 12.7 Å². The Morgan fingerprint density at radius 2 is 2.08 bits per heavy atom. The Labute approximate surface area is 74.6 Å². The van der Waals surface area contributed by atoms with Gasteiger partial charge in [-0.05, 0) is 37.0 Å². The normalized spacial score (nSPS) is 39.5. The Balaban J connectivity index is 2.39. The smallest absolute Gasteiger partial charge is 0.0568 e. The first-order valence-corrected chi connectivity index (χ1v) is 4.94. The molecular weight excluding hydrogens is 152 g/mol. The number of aliphatic hydroxyl groups excluding tert-OH is 2. The molecule has 0 radical (unpaired) electrons. The van der Waals surface area contributed by atoms with Crippen LogP contribution in [0.15, 0.2) is 0 Å². The molecule has 1 fully saturated rings. The summed E-state index contributed by atoms with van der Waals surface area (Å²) < 4.78 is 0. The highest BCUT2D eigenvalue weighted by molar-refractivity contribution is 4.79. The van der Waals surface area contributed by atoms with Crippen molar-refractivity contribution in [2.45, 2.75) is 39.2 Å². The van der Waals surface area contributed by atoms with Gasteiger partial charge in [0.1, 0.15) is 0 Å². The van der Waals surface area contributed by atoms with E-state index in [0.29, 0.717) is 17.8 Å². The van der Waals surface area contributed by atoms with Crippen molar-refractivity contribution in [3.8, 4) is 0 Å². The Kier molecular flexibility index (Phi) is 3.53. The topological polar surface area (TPSA) is 40.5 Å². The lowest BCUT2D eigenvalue weighted by Crippen LogP contribution is -2.31. The molecule has 0 aromatic carbocycles. The van der Waals surface area contributed by atoms with Crippen LogP contribution in [0.5, 0.6) is 0 Å². The number of hydrogen-bond donors (Lipinski definition) is 2. The summed E-state index contributed by atoms with van der Waals surface area (Å²) in [5, 5.41) is 18.6. The van der Waals surface area contributed by atoms with Gasteiger partial charge in [-0.15, -0.1) is 0 Å². The average molecular weight is 172 g/mol. The fourth-order valence-corrected chi connectivity index (χ4v) is 2.00. The summed E-state index contributed by atoms with van der Waals surface area (Å²) in [6, 6.07) is 0. The molecule has 2 nitrogen and oxygen atoms in total. The van der Waals surface area contributed by atoms with Gasteiger partial charge in [-0.1, -0.05) is 13.8 Å². The minimum atomic E-state index is -0.141. The fourth-order valence-electron chi connectivity index (χ4n) is 2.00. The minimum absolute atomic E-state index is 0.141. The lowest BCUT2D eigenvalue weighted by atomic mass is 9.75. The van der Waals surface area contributed by atoms with Gasteiger partial charge in [0.2, 0.25) is 0 Å². The lowest BCUT2D eigenvalue weighted by molar-refractivity contribution is 0.0288. The summed E-state index contributed by atoms with van der Waals surface area (Å²) in [6.07, 6.45) is 3.01. The van der Waals surface area contributed by atoms with Crippen molar-refractivity contribution in [3.63, 3.8) is 0 Å². The molecule has 2 N–H and O–H groups in total. The van der Waals surface area contributed by atoms with E-state index in [1.807, 2.05) is 0 Å². The van der Waals surface area contributed by atoms with Crippen molar-refractivity contribution >= 4 is 0 Å². The third-order valence-corrected chi connectivity index (χ3v) is 3.29. The molecule has 4 atom stereocenters. The molecule has 0 aromatic heterocycles. The van der Waals surface area contributed by atoms with Crippen molar-refractivity contribution in [2.24, 2.45) is 17.8 Å². The molecule has 0 bridgehead atoms. The molecule has 0 saturated heterocycles. The predicted molar refractivity (Wildman–Crippen MR) is 48.8 cm³/mol. The zero-order valence-corrected chi connectivity index (χ0v) is 8.03. The maximum absolute atomic E-state index is 9.61. The van der Waals surface area contributed by atoms with Crippen LogP contribution in [-0.2, 0) is 0 Å². The Morgan fingerprint density at radius 3 is 2.58 bits per heavy atom. The quantitative estimate of drug-likeness (QED) is 0.661. The molecule has 0 aliphatic heterocycles. The largest absolute Gasteiger partial charge is 0.396 e. The van der Waals surface area contributed by atoms with E-state index in [1.54, 1.807) is 0 Å². The van der Waals surface area contributed by atoms with Gasteiger partial charge in [-0.3, -0.25) is 0 Å². The van der Waals surface area contributed by atoms with Crippen LogP contribution in [-0.4, -0.2) is 22.9 Å². The first-order valence-electron chi connectivity index (χ1n) is 4.94. The maximum Gasteiger partial charge on any atom is 0.0568 e. The first kappa shape index (κ1) is 10.0. The van der Waals surface area contributed by atoms with E-state index in [0.717, 1.165) is 12.8 Å². The van der Waals surface area contributed by atoms with Crippen LogP contribution in [0.1, 0.15) is 33.1 Å². The van der Waals surface area contributed by atoms with Gasteiger partial charge in [0.05, 0.1) is 6.10 Å². The SMILES string of the molecule is C[C@H](CO)[C@H]1CC[C@H](C)[C@@H](O)C1. The van der Waals surface area contributed by atoms with Crippen LogP contribution < -0.4 is 0 Å². The Morgan fingerprint density at radius 1 is 1.42 bits per heavy atom. The van der Waals surface area contributed by atoms with Crippen molar-refractivity contribution in [2.75, 3.05) is 6.61 Å². The van der Waals surface area contributed by atoms with Crippen LogP contribution in [0.3, 0.4) is 0 Å². The van der Waals surface area contributed by atoms with Crippen LogP contribution in [0.4, 0.5) is 0 Å². The average Bonchev–Trinajstić information content (AvgIpc) is 2.08. The van der Waals surface area contributed by atoms with Gasteiger partial charge in [0.15, 0.2) is 0 Å². The van der Waals surface area contributed by atoms with E-state index in [4.69, 9.17) is 5.11 Å². The molecule has 0 heterocycles. The monoisotopic (exact) mass is 172 g/mol. The summed E-state index contributed by atoms with van der Waals surface area (Å²) in [5.74, 6) is 1.33. The minimum Gasteiger partial charge on any atom is -0.396 e. The lowest BCUT2D eigenvalue weighted by Gasteiger charge is -2.33. The van der Waals surface area contributed by atoms with E-state index in [1.165, 1.54) is 6.42 Å². The predicted octanol–water partition coefficient (Wildman–Crippen LogP) is 1.41. The fraction of sp³-hybridized carbons (Fsp3) is 1.00. The summed E-state index contributed by atoms with van der Waals surface area (Å²) in [4.78, 5) is 0. The second-order valence-electron chi connectivity index (χ2n) is 4.28. The van der Waals surface area contributed by atoms with Crippen molar-refractivity contribution in [3.05, 3.63) is 0 Å². The number of hydrogen-bond acceptors (Lipinski definition) is 2. The van der Waals surface area contributed by atoms with Gasteiger partial charge in [-0.2, -0.15) is 0 Å². The van der Waals surface area contributed by atoms with E-state index in [9.17, 15) is 5.11 Å². The molecule has 0 unspecified atom stereocenters. The van der Waals surface area contributed by atoms with Gasteiger partial charge >= 0.3 is 0 Å². The first-order chi connectivity index (χ1) is 5.65. The zero-order chi connectivity index (χ0) is 9.14. The second kappa shape index (κ2) is 4.24. The van der Waals surface area contributed by atoms with Crippen molar-refractivity contribution in [1.82, 2.24) is 0 Å². The van der Waals surface area contributed by atoms with Crippen LogP contribution in [0.2, 0.25) is 0 Å². The summed E-state index contributed by atoms with van der Waals surface area (Å²) in [6.45, 7) is 4.42. The molecule has 12 heavy (non-hydrogen) atoms. The molecule has 2 heteroatoms. The van der Waals surface area contributed by atoms with Gasteiger partial charge in [-0.25, -0.2) is 0 Å². The molecule has 1 aliphatic carbocycles. The molecule has 1 saturated carbocycles. The van der Waals surface area contributed by atoms with Crippen molar-refractivity contribution < 1.29 is 10.2 Å². The number of aliphatic hydroxyl groups is 2. The van der Waals surface area contributed by atoms with E-state index >= 15 is 0 Å². The van der Waals surface area contributed by atoms with Crippen LogP contribution in [0, 0.1) is 17.8 Å². The van der Waals surface area contributed by atoms with E-state index < -0.39 is 0 Å². The highest BCUT2D eigenvalue weighted by Gasteiger charge is 2.28. The van der Waals surface area contributed by atoms with Gasteiger partial charge in [0, 0.05) is 6.61 Å². The number of rotatable bonds is 2. The van der Waals surface area contributed by atoms with Crippen LogP contribution >= 0.6 is 0 Å². The van der Waals surface area contributed by atoms with Crippen molar-refractivity contribution in [1.29, 1.82) is 0 Å². The Hall–Kier alpha value is -0.0800. The third-order valence-electron chi connectivity index (χ3n) is 3.29. The Bertz CT molecular complexity index is 136. The summed E-state index contributed by atoms with van der Waals surface area (Å²) >= 11 is 0. The van der Waals surface area contributed by atoms with E-state index in [2.05, 4.69) is 13.8 Å². The third kappa shape index (κ3) is 2.20. The van der Waals surface area contributed by atoms with Crippen LogP contribution in [0.25, 0.3) is 0 Å². The maximum atomic E-state index is 9.61. The van der Waals surface area contributed by atoms with Gasteiger partial charge in [0.25, 0.3) is 0 Å². The molecule has 0 aromatic rings. The highest BCUT2D eigenvalue weighted by Crippen LogP contribution is 2.33. The molecule has 72 valence electrons. The molecular formula is C10H20O2. The highest BCUT2D eigenvalue weighted by atomic mass is 16.3. The second-order valence-corrected chi connectivity index (χ2v) is 4.28. The summed E-state index contributed by atoms with van der Waals surface area (Å²) in [7, 11) is 0. The molecule has 0 amide bonds. The molecule has 1 rings (SSSR count). The molecule has 1 aliphatic rings.